The lowest BCUT2D eigenvalue weighted by Crippen LogP contribution is -2.56. The van der Waals surface area contributed by atoms with E-state index in [-0.39, 0.29) is 24.2 Å². The molecule has 9 nitrogen and oxygen atoms in total. The molecule has 1 aromatic heterocycles. The number of carbonyl (C=O) groups is 2. The maximum atomic E-state index is 13.3. The largest absolute Gasteiger partial charge is 0.464 e. The summed E-state index contributed by atoms with van der Waals surface area (Å²) in [6.07, 6.45) is -0.307. The summed E-state index contributed by atoms with van der Waals surface area (Å²) in [6, 6.07) is 8.57. The molecular formula is C23H24N2O7. The summed E-state index contributed by atoms with van der Waals surface area (Å²) in [5.41, 5.74) is -5.33. The van der Waals surface area contributed by atoms with Crippen LogP contribution in [0, 0.1) is 28.1 Å². The molecule has 1 N–H and O–H groups in total. The minimum Gasteiger partial charge on any atom is -0.464 e. The van der Waals surface area contributed by atoms with Crippen LogP contribution in [0.15, 0.2) is 39.7 Å². The fourth-order valence-electron chi connectivity index (χ4n) is 4.02. The molecule has 32 heavy (non-hydrogen) atoms. The number of hydrogen-bond donors (Lipinski definition) is 1. The van der Waals surface area contributed by atoms with Gasteiger partial charge in [0, 0.05) is 0 Å². The summed E-state index contributed by atoms with van der Waals surface area (Å²) < 4.78 is 21.6. The maximum Gasteiger partial charge on any atom is 0.356 e. The molecule has 1 aromatic carbocycles. The molecule has 2 unspecified atom stereocenters. The third kappa shape index (κ3) is 3.10. The van der Waals surface area contributed by atoms with Crippen molar-refractivity contribution < 1.29 is 28.2 Å². The van der Waals surface area contributed by atoms with Gasteiger partial charge in [-0.3, -0.25) is 4.79 Å². The van der Waals surface area contributed by atoms with Crippen LogP contribution in [0.2, 0.25) is 0 Å². The first-order valence-corrected chi connectivity index (χ1v) is 10.3. The lowest BCUT2D eigenvalue weighted by Gasteiger charge is -2.30. The fourth-order valence-corrected chi connectivity index (χ4v) is 4.02. The molecule has 0 spiro atoms. The number of fused-ring (bicyclic) bond motifs is 1. The Labute approximate surface area is 184 Å². The highest BCUT2D eigenvalue weighted by molar-refractivity contribution is 6.28. The molecule has 1 saturated heterocycles. The number of nitrogens with one attached hydrogen (secondary N) is 1. The average molecular weight is 440 g/mol. The van der Waals surface area contributed by atoms with Crippen LogP contribution in [0.4, 0.5) is 0 Å². The van der Waals surface area contributed by atoms with Gasteiger partial charge in [-0.2, -0.15) is 5.26 Å². The maximum absolute atomic E-state index is 13.3. The van der Waals surface area contributed by atoms with E-state index in [1.807, 2.05) is 0 Å². The number of nitriles is 1. The summed E-state index contributed by atoms with van der Waals surface area (Å²) in [5, 5.41) is 19.3. The van der Waals surface area contributed by atoms with Crippen LogP contribution < -0.4 is 5.43 Å². The van der Waals surface area contributed by atoms with E-state index in [0.29, 0.717) is 5.58 Å². The normalized spacial score (nSPS) is 22.0. The number of ether oxygens (including phenoxy) is 3. The second kappa shape index (κ2) is 8.55. The Hall–Kier alpha value is -3.51. The van der Waals surface area contributed by atoms with Crippen LogP contribution in [0.5, 0.6) is 0 Å². The number of benzene rings is 1. The van der Waals surface area contributed by atoms with Crippen molar-refractivity contribution >= 4 is 28.6 Å². The van der Waals surface area contributed by atoms with E-state index in [1.165, 1.54) is 13.8 Å². The van der Waals surface area contributed by atoms with E-state index in [2.05, 4.69) is 6.07 Å². The Morgan fingerprint density at radius 1 is 1.19 bits per heavy atom. The van der Waals surface area contributed by atoms with E-state index in [0.717, 1.165) is 6.26 Å². The van der Waals surface area contributed by atoms with Gasteiger partial charge in [0.05, 0.1) is 35.9 Å². The zero-order chi connectivity index (χ0) is 23.7. The first kappa shape index (κ1) is 23.2. The van der Waals surface area contributed by atoms with Crippen LogP contribution in [-0.2, 0) is 23.8 Å². The molecule has 1 aliphatic rings. The topological polar surface area (TPSA) is 140 Å². The quantitative estimate of drug-likeness (QED) is 0.534. The Morgan fingerprint density at radius 2 is 1.78 bits per heavy atom. The molecule has 3 rings (SSSR count). The van der Waals surface area contributed by atoms with Crippen molar-refractivity contribution in [2.45, 2.75) is 39.4 Å². The molecule has 2 aromatic rings. The van der Waals surface area contributed by atoms with Gasteiger partial charge in [-0.15, -0.1) is 0 Å². The zero-order valence-electron chi connectivity index (χ0n) is 18.3. The van der Waals surface area contributed by atoms with E-state index >= 15 is 0 Å². The predicted molar refractivity (Wildman–Crippen MR) is 113 cm³/mol. The highest BCUT2D eigenvalue weighted by Gasteiger charge is 2.72. The van der Waals surface area contributed by atoms with Crippen molar-refractivity contribution in [1.82, 2.24) is 0 Å². The summed E-state index contributed by atoms with van der Waals surface area (Å²) in [7, 11) is 0. The van der Waals surface area contributed by atoms with Crippen LogP contribution >= 0.6 is 0 Å². The first-order chi connectivity index (χ1) is 15.2. The number of nitrogens with zero attached hydrogens (tertiary/aromatic N) is 1. The predicted octanol–water partition coefficient (Wildman–Crippen LogP) is 2.92. The number of para-hydroxylation sites is 1. The van der Waals surface area contributed by atoms with E-state index in [1.54, 1.807) is 38.1 Å². The minimum atomic E-state index is -2.62. The highest BCUT2D eigenvalue weighted by Crippen LogP contribution is 2.54. The van der Waals surface area contributed by atoms with Gasteiger partial charge in [-0.1, -0.05) is 26.0 Å². The summed E-state index contributed by atoms with van der Waals surface area (Å²) in [6.45, 7) is 6.16. The van der Waals surface area contributed by atoms with Gasteiger partial charge in [-0.05, 0) is 31.9 Å². The van der Waals surface area contributed by atoms with Crippen LogP contribution in [0.3, 0.4) is 0 Å². The van der Waals surface area contributed by atoms with Gasteiger partial charge < -0.3 is 24.0 Å². The van der Waals surface area contributed by atoms with Gasteiger partial charge in [0.1, 0.15) is 23.4 Å². The average Bonchev–Trinajstić information content (AvgIpc) is 3.05. The lowest BCUT2D eigenvalue weighted by atomic mass is 9.67. The van der Waals surface area contributed by atoms with Crippen molar-refractivity contribution in [3.63, 3.8) is 0 Å². The summed E-state index contributed by atoms with van der Waals surface area (Å²) >= 11 is 0. The highest BCUT2D eigenvalue weighted by atomic mass is 16.6. The molecule has 2 atom stereocenters. The third-order valence-corrected chi connectivity index (χ3v) is 5.68. The van der Waals surface area contributed by atoms with E-state index < -0.39 is 46.1 Å². The Kier molecular flexibility index (Phi) is 6.19. The minimum absolute atomic E-state index is 0.0841. The number of hydrogen-bond acceptors (Lipinski definition) is 9. The summed E-state index contributed by atoms with van der Waals surface area (Å²) in [4.78, 5) is 39.3. The van der Waals surface area contributed by atoms with Crippen molar-refractivity contribution in [2.75, 3.05) is 13.2 Å². The molecule has 0 bridgehead atoms. The van der Waals surface area contributed by atoms with Gasteiger partial charge in [0.25, 0.3) is 0 Å². The van der Waals surface area contributed by atoms with E-state index in [9.17, 15) is 19.6 Å². The second-order valence-corrected chi connectivity index (χ2v) is 7.65. The molecule has 2 heterocycles. The standard InChI is InChI=1S/C23H24N2O7/c1-5-29-20(27)23(21(28)30-6-2)19(25)22(12-24,13(3)4)18(32-23)15-11-31-16-10-8-7-9-14(16)17(15)26/h7-11,13,18,25H,5-6H2,1-4H3. The van der Waals surface area contributed by atoms with E-state index in [4.69, 9.17) is 24.0 Å². The molecule has 168 valence electrons. The Morgan fingerprint density at radius 3 is 2.31 bits per heavy atom. The Bertz CT molecular complexity index is 1160. The Balaban J connectivity index is 2.33. The van der Waals surface area contributed by atoms with Crippen molar-refractivity contribution in [1.29, 1.82) is 10.7 Å². The molecule has 1 aliphatic heterocycles. The van der Waals surface area contributed by atoms with Crippen molar-refractivity contribution in [3.8, 4) is 6.07 Å². The summed E-state index contributed by atoms with van der Waals surface area (Å²) in [5.74, 6) is -2.96. The van der Waals surface area contributed by atoms with Gasteiger partial charge in [0.15, 0.2) is 5.43 Å². The third-order valence-electron chi connectivity index (χ3n) is 5.68. The molecule has 1 fully saturated rings. The smallest absolute Gasteiger partial charge is 0.356 e. The number of carbonyl (C=O) groups excluding carboxylic acids is 2. The van der Waals surface area contributed by atoms with Crippen LogP contribution in [-0.4, -0.2) is 36.5 Å². The zero-order valence-corrected chi connectivity index (χ0v) is 18.3. The molecule has 9 heteroatoms. The molecule has 0 aliphatic carbocycles. The van der Waals surface area contributed by atoms with Gasteiger partial charge in [0.2, 0.25) is 0 Å². The SMILES string of the molecule is CCOC(=O)C1(C(=O)OCC)OC(c2coc3ccccc3c2=O)C(C#N)(C(C)C)C1=N. The fraction of sp³-hybridized carbons (Fsp3) is 0.435. The van der Waals surface area contributed by atoms with Crippen LogP contribution in [0.1, 0.15) is 39.4 Å². The second-order valence-electron chi connectivity index (χ2n) is 7.65. The molecule has 0 saturated carbocycles. The van der Waals surface area contributed by atoms with Crippen molar-refractivity contribution in [2.24, 2.45) is 11.3 Å². The first-order valence-electron chi connectivity index (χ1n) is 10.3. The lowest BCUT2D eigenvalue weighted by molar-refractivity contribution is -0.183. The molecule has 0 amide bonds. The van der Waals surface area contributed by atoms with Crippen molar-refractivity contribution in [3.05, 3.63) is 46.3 Å². The van der Waals surface area contributed by atoms with Crippen LogP contribution in [0.25, 0.3) is 11.0 Å². The number of rotatable bonds is 6. The van der Waals surface area contributed by atoms with Gasteiger partial charge >= 0.3 is 17.5 Å². The molecular weight excluding hydrogens is 416 g/mol. The van der Waals surface area contributed by atoms with Gasteiger partial charge in [-0.25, -0.2) is 9.59 Å². The molecule has 0 radical (unpaired) electrons. The monoisotopic (exact) mass is 440 g/mol. The number of esters is 2.